The van der Waals surface area contributed by atoms with Crippen molar-refractivity contribution in [3.8, 4) is 6.07 Å². The Kier molecular flexibility index (Phi) is 5.71. The molecule has 1 saturated carbocycles. The van der Waals surface area contributed by atoms with Gasteiger partial charge in [0.05, 0.1) is 11.8 Å². The molecular formula is C15H21N3O2S. The number of nitriles is 1. The van der Waals surface area contributed by atoms with E-state index in [9.17, 15) is 4.79 Å². The van der Waals surface area contributed by atoms with Crippen molar-refractivity contribution in [1.82, 2.24) is 4.37 Å². The number of hydrogen-bond acceptors (Lipinski definition) is 5. The Bertz CT molecular complexity index is 536. The zero-order chi connectivity index (χ0) is 15.2. The molecule has 1 heterocycles. The van der Waals surface area contributed by atoms with Gasteiger partial charge in [-0.3, -0.25) is 4.79 Å². The molecule has 0 aliphatic heterocycles. The Balaban J connectivity index is 1.86. The zero-order valence-electron chi connectivity index (χ0n) is 12.5. The van der Waals surface area contributed by atoms with Crippen molar-refractivity contribution < 1.29 is 9.53 Å². The summed E-state index contributed by atoms with van der Waals surface area (Å²) in [7, 11) is 0. The predicted octanol–water partition coefficient (Wildman–Crippen LogP) is 3.25. The number of nitrogens with one attached hydrogen (secondary N) is 1. The first-order chi connectivity index (χ1) is 10.2. The molecule has 6 heteroatoms. The van der Waals surface area contributed by atoms with Gasteiger partial charge >= 0.3 is 0 Å². The Hall–Kier alpha value is -1.45. The number of anilines is 1. The molecule has 1 aliphatic carbocycles. The van der Waals surface area contributed by atoms with Crippen LogP contribution in [-0.4, -0.2) is 23.0 Å². The van der Waals surface area contributed by atoms with E-state index in [4.69, 9.17) is 10.00 Å². The van der Waals surface area contributed by atoms with E-state index in [1.54, 1.807) is 6.92 Å². The van der Waals surface area contributed by atoms with Crippen molar-refractivity contribution in [3.05, 3.63) is 11.3 Å². The number of ether oxygens (including phenoxy) is 1. The maximum absolute atomic E-state index is 12.0. The summed E-state index contributed by atoms with van der Waals surface area (Å²) in [5.74, 6) is 0.349. The number of carbonyl (C=O) groups is 1. The highest BCUT2D eigenvalue weighted by Gasteiger charge is 2.25. The summed E-state index contributed by atoms with van der Waals surface area (Å²) in [5.41, 5.74) is 1.09. The number of aryl methyl sites for hydroxylation is 1. The van der Waals surface area contributed by atoms with Gasteiger partial charge in [0, 0.05) is 0 Å². The van der Waals surface area contributed by atoms with Gasteiger partial charge in [0.2, 0.25) is 0 Å². The van der Waals surface area contributed by atoms with E-state index >= 15 is 0 Å². The Labute approximate surface area is 129 Å². The number of aromatic nitrogens is 1. The molecule has 1 N–H and O–H groups in total. The second kappa shape index (κ2) is 7.53. The third kappa shape index (κ3) is 4.02. The molecule has 0 saturated heterocycles. The lowest BCUT2D eigenvalue weighted by molar-refractivity contribution is -0.124. The molecule has 1 amide bonds. The summed E-state index contributed by atoms with van der Waals surface area (Å²) in [6.45, 7) is 3.98. The smallest absolute Gasteiger partial charge is 0.251 e. The quantitative estimate of drug-likeness (QED) is 0.906. The second-order valence-corrected chi connectivity index (χ2v) is 6.21. The van der Waals surface area contributed by atoms with E-state index in [2.05, 4.69) is 22.7 Å². The van der Waals surface area contributed by atoms with Crippen LogP contribution in [0.15, 0.2) is 0 Å². The van der Waals surface area contributed by atoms with E-state index < -0.39 is 0 Å². The highest BCUT2D eigenvalue weighted by Crippen LogP contribution is 2.29. The highest BCUT2D eigenvalue weighted by molar-refractivity contribution is 7.10. The SMILES string of the molecule is CCC1CCCCC1OCC(=O)Nc1snc(C)c1C#N. The molecule has 114 valence electrons. The number of nitrogens with zero attached hydrogens (tertiary/aromatic N) is 2. The minimum atomic E-state index is -0.212. The van der Waals surface area contributed by atoms with Crippen molar-refractivity contribution >= 4 is 22.4 Å². The molecule has 1 aromatic rings. The third-order valence-corrected chi connectivity index (χ3v) is 4.87. The lowest BCUT2D eigenvalue weighted by Crippen LogP contribution is -2.31. The van der Waals surface area contributed by atoms with Gasteiger partial charge < -0.3 is 10.1 Å². The number of hydrogen-bond donors (Lipinski definition) is 1. The summed E-state index contributed by atoms with van der Waals surface area (Å²) in [6, 6.07) is 2.06. The molecule has 1 fully saturated rings. The lowest BCUT2D eigenvalue weighted by atomic mass is 9.85. The van der Waals surface area contributed by atoms with E-state index in [1.165, 1.54) is 19.3 Å². The Morgan fingerprint density at radius 1 is 1.52 bits per heavy atom. The number of rotatable bonds is 5. The highest BCUT2D eigenvalue weighted by atomic mass is 32.1. The van der Waals surface area contributed by atoms with Crippen molar-refractivity contribution in [3.63, 3.8) is 0 Å². The monoisotopic (exact) mass is 307 g/mol. The van der Waals surface area contributed by atoms with Gasteiger partial charge in [-0.25, -0.2) is 0 Å². The normalized spacial score (nSPS) is 21.8. The molecule has 2 atom stereocenters. The second-order valence-electron chi connectivity index (χ2n) is 5.43. The maximum Gasteiger partial charge on any atom is 0.251 e. The molecule has 0 aromatic carbocycles. The first-order valence-electron chi connectivity index (χ1n) is 7.43. The zero-order valence-corrected chi connectivity index (χ0v) is 13.3. The molecule has 0 spiro atoms. The van der Waals surface area contributed by atoms with Gasteiger partial charge in [0.1, 0.15) is 23.2 Å². The first-order valence-corrected chi connectivity index (χ1v) is 8.20. The molecule has 1 aliphatic rings. The summed E-state index contributed by atoms with van der Waals surface area (Å²) in [6.07, 6.45) is 5.95. The standard InChI is InChI=1S/C15H21N3O2S/c1-3-11-6-4-5-7-13(11)20-9-14(19)17-15-12(8-16)10(2)18-21-15/h11,13H,3-7,9H2,1-2H3,(H,17,19). The van der Waals surface area contributed by atoms with Gasteiger partial charge in [-0.05, 0) is 37.2 Å². The van der Waals surface area contributed by atoms with Crippen LogP contribution in [-0.2, 0) is 9.53 Å². The van der Waals surface area contributed by atoms with Gasteiger partial charge in [-0.1, -0.05) is 26.2 Å². The lowest BCUT2D eigenvalue weighted by Gasteiger charge is -2.30. The van der Waals surface area contributed by atoms with E-state index in [0.717, 1.165) is 24.4 Å². The number of carbonyl (C=O) groups excluding carboxylic acids is 1. The minimum absolute atomic E-state index is 0.0446. The summed E-state index contributed by atoms with van der Waals surface area (Å²) in [5, 5.41) is 12.3. The van der Waals surface area contributed by atoms with Gasteiger partial charge in [0.25, 0.3) is 5.91 Å². The van der Waals surface area contributed by atoms with Gasteiger partial charge in [-0.15, -0.1) is 0 Å². The molecule has 21 heavy (non-hydrogen) atoms. The van der Waals surface area contributed by atoms with Crippen LogP contribution in [0.3, 0.4) is 0 Å². The topological polar surface area (TPSA) is 75.0 Å². The Morgan fingerprint density at radius 3 is 3.00 bits per heavy atom. The molecular weight excluding hydrogens is 286 g/mol. The predicted molar refractivity (Wildman–Crippen MR) is 82.2 cm³/mol. The molecule has 0 radical (unpaired) electrons. The summed E-state index contributed by atoms with van der Waals surface area (Å²) in [4.78, 5) is 12.0. The summed E-state index contributed by atoms with van der Waals surface area (Å²) >= 11 is 1.14. The van der Waals surface area contributed by atoms with Crippen LogP contribution < -0.4 is 5.32 Å². The largest absolute Gasteiger partial charge is 0.368 e. The van der Waals surface area contributed by atoms with E-state index in [-0.39, 0.29) is 18.6 Å². The first kappa shape index (κ1) is 15.9. The average molecular weight is 307 g/mol. The average Bonchev–Trinajstić information content (AvgIpc) is 2.85. The van der Waals surface area contributed by atoms with Crippen LogP contribution in [0.25, 0.3) is 0 Å². The summed E-state index contributed by atoms with van der Waals surface area (Å²) < 4.78 is 9.87. The van der Waals surface area contributed by atoms with Crippen molar-refractivity contribution in [2.45, 2.75) is 52.1 Å². The third-order valence-electron chi connectivity index (χ3n) is 4.02. The van der Waals surface area contributed by atoms with Gasteiger partial charge in [0.15, 0.2) is 0 Å². The minimum Gasteiger partial charge on any atom is -0.368 e. The van der Waals surface area contributed by atoms with Crippen LogP contribution >= 0.6 is 11.5 Å². The molecule has 1 aromatic heterocycles. The maximum atomic E-state index is 12.0. The van der Waals surface area contributed by atoms with Crippen molar-refractivity contribution in [2.75, 3.05) is 11.9 Å². The molecule has 5 nitrogen and oxygen atoms in total. The number of amides is 1. The van der Waals surface area contributed by atoms with Crippen LogP contribution in [0.1, 0.15) is 50.3 Å². The van der Waals surface area contributed by atoms with Crippen molar-refractivity contribution in [2.24, 2.45) is 5.92 Å². The van der Waals surface area contributed by atoms with Crippen LogP contribution in [0.4, 0.5) is 5.00 Å². The molecule has 2 unspecified atom stereocenters. The fraction of sp³-hybridized carbons (Fsp3) is 0.667. The fourth-order valence-electron chi connectivity index (χ4n) is 2.79. The van der Waals surface area contributed by atoms with E-state index in [0.29, 0.717) is 22.2 Å². The van der Waals surface area contributed by atoms with Crippen LogP contribution in [0.2, 0.25) is 0 Å². The van der Waals surface area contributed by atoms with Gasteiger partial charge in [-0.2, -0.15) is 9.64 Å². The van der Waals surface area contributed by atoms with Crippen LogP contribution in [0.5, 0.6) is 0 Å². The fourth-order valence-corrected chi connectivity index (χ4v) is 3.56. The Morgan fingerprint density at radius 2 is 2.29 bits per heavy atom. The van der Waals surface area contributed by atoms with Crippen LogP contribution in [0, 0.1) is 24.2 Å². The van der Waals surface area contributed by atoms with Crippen molar-refractivity contribution in [1.29, 1.82) is 5.26 Å². The molecule has 2 rings (SSSR count). The van der Waals surface area contributed by atoms with E-state index in [1.807, 2.05) is 0 Å². The molecule has 0 bridgehead atoms.